The second kappa shape index (κ2) is 14.8. The van der Waals surface area contributed by atoms with Crippen LogP contribution in [0.25, 0.3) is 0 Å². The highest BCUT2D eigenvalue weighted by Gasteiger charge is 2.53. The lowest BCUT2D eigenvalue weighted by atomic mass is 9.58. The molecule has 0 spiro atoms. The quantitative estimate of drug-likeness (QED) is 0.113. The fraction of sp³-hybridized carbons (Fsp3) is 0.571. The minimum Gasteiger partial charge on any atom is -0.496 e. The van der Waals surface area contributed by atoms with Crippen LogP contribution in [0.3, 0.4) is 0 Å². The van der Waals surface area contributed by atoms with Gasteiger partial charge in [0.05, 0.1) is 23.1 Å². The standard InChI is InChI=1S/C35H45ClN2O6/c1-37(33(40)24-43-32-21-31(42-2)27(23-39)20-30(32)36)16-7-4-9-25-10-8-11-28(19-25)44-34(41)35(14-5-3-6-15-35)29-22-38-17-12-26(29)13-18-38/h8,10-11,19-21,23,26,29H,3-7,9,12-18,22,24H2,1-2H3/t29-/m1/s1. The van der Waals surface area contributed by atoms with Gasteiger partial charge in [-0.25, -0.2) is 0 Å². The zero-order valence-corrected chi connectivity index (χ0v) is 26.8. The Morgan fingerprint density at radius 3 is 2.52 bits per heavy atom. The zero-order valence-electron chi connectivity index (χ0n) is 26.0. The summed E-state index contributed by atoms with van der Waals surface area (Å²) in [5, 5.41) is 0.240. The lowest BCUT2D eigenvalue weighted by Crippen LogP contribution is -2.57. The number of hydrogen-bond acceptors (Lipinski definition) is 7. The molecule has 0 radical (unpaired) electrons. The van der Waals surface area contributed by atoms with Gasteiger partial charge in [0.15, 0.2) is 12.9 Å². The molecule has 4 fully saturated rings. The first-order chi connectivity index (χ1) is 21.3. The maximum Gasteiger partial charge on any atom is 0.317 e. The maximum absolute atomic E-state index is 13.9. The lowest BCUT2D eigenvalue weighted by Gasteiger charge is -2.53. The molecule has 4 aliphatic rings. The third-order valence-corrected chi connectivity index (χ3v) is 10.3. The van der Waals surface area contributed by atoms with Crippen molar-refractivity contribution in [2.75, 3.05) is 46.9 Å². The van der Waals surface area contributed by atoms with Crippen LogP contribution in [-0.4, -0.2) is 74.9 Å². The summed E-state index contributed by atoms with van der Waals surface area (Å²) in [6.07, 6.45) is 10.9. The molecule has 44 heavy (non-hydrogen) atoms. The van der Waals surface area contributed by atoms with E-state index in [1.165, 1.54) is 51.6 Å². The summed E-state index contributed by atoms with van der Waals surface area (Å²) < 4.78 is 17.0. The van der Waals surface area contributed by atoms with Crippen LogP contribution in [0.4, 0.5) is 0 Å². The molecule has 3 saturated heterocycles. The lowest BCUT2D eigenvalue weighted by molar-refractivity contribution is -0.159. The summed E-state index contributed by atoms with van der Waals surface area (Å²) in [6, 6.07) is 10.9. The van der Waals surface area contributed by atoms with Crippen LogP contribution in [-0.2, 0) is 16.0 Å². The number of amides is 1. The summed E-state index contributed by atoms with van der Waals surface area (Å²) in [4.78, 5) is 41.9. The largest absolute Gasteiger partial charge is 0.496 e. The predicted molar refractivity (Wildman–Crippen MR) is 170 cm³/mol. The molecule has 3 aliphatic heterocycles. The first kappa shape index (κ1) is 32.3. The number of fused-ring (bicyclic) bond motifs is 3. The molecule has 2 aromatic carbocycles. The summed E-state index contributed by atoms with van der Waals surface area (Å²) >= 11 is 6.20. The molecule has 0 unspecified atom stereocenters. The van der Waals surface area contributed by atoms with Crippen LogP contribution in [0.2, 0.25) is 5.02 Å². The van der Waals surface area contributed by atoms with E-state index in [4.69, 9.17) is 25.8 Å². The number of halogens is 1. The molecule has 0 aromatic heterocycles. The van der Waals surface area contributed by atoms with Gasteiger partial charge in [0.25, 0.3) is 5.91 Å². The van der Waals surface area contributed by atoms with E-state index in [1.54, 1.807) is 11.9 Å². The number of benzene rings is 2. The van der Waals surface area contributed by atoms with Gasteiger partial charge in [-0.05, 0) is 93.6 Å². The van der Waals surface area contributed by atoms with Crippen LogP contribution < -0.4 is 14.2 Å². The first-order valence-corrected chi connectivity index (χ1v) is 16.4. The van der Waals surface area contributed by atoms with Crippen molar-refractivity contribution >= 4 is 29.8 Å². The number of likely N-dealkylation sites (N-methyl/N-ethyl adjacent to an activating group) is 1. The molecular formula is C35H45ClN2O6. The van der Waals surface area contributed by atoms with Crippen molar-refractivity contribution in [1.82, 2.24) is 9.80 Å². The third kappa shape index (κ3) is 7.40. The molecule has 0 N–H and O–H groups in total. The van der Waals surface area contributed by atoms with Gasteiger partial charge in [-0.1, -0.05) is 43.0 Å². The summed E-state index contributed by atoms with van der Waals surface area (Å²) in [5.74, 6) is 2.12. The fourth-order valence-electron chi connectivity index (χ4n) is 7.46. The van der Waals surface area contributed by atoms with Crippen LogP contribution >= 0.6 is 11.6 Å². The molecule has 1 aliphatic carbocycles. The molecule has 2 aromatic rings. The second-order valence-corrected chi connectivity index (χ2v) is 13.1. The number of carbonyl (C=O) groups excluding carboxylic acids is 3. The number of rotatable bonds is 13. The number of esters is 1. The highest BCUT2D eigenvalue weighted by atomic mass is 35.5. The number of methoxy groups -OCH3 is 1. The van der Waals surface area contributed by atoms with Crippen molar-refractivity contribution < 1.29 is 28.6 Å². The van der Waals surface area contributed by atoms with Gasteiger partial charge in [-0.3, -0.25) is 14.4 Å². The fourth-order valence-corrected chi connectivity index (χ4v) is 7.68. The van der Waals surface area contributed by atoms with Gasteiger partial charge in [0.2, 0.25) is 0 Å². The van der Waals surface area contributed by atoms with E-state index in [1.807, 2.05) is 18.2 Å². The van der Waals surface area contributed by atoms with Crippen molar-refractivity contribution in [1.29, 1.82) is 0 Å². The van der Waals surface area contributed by atoms with E-state index in [0.29, 0.717) is 41.7 Å². The van der Waals surface area contributed by atoms with Crippen molar-refractivity contribution in [3.05, 3.63) is 52.5 Å². The smallest absolute Gasteiger partial charge is 0.317 e. The molecule has 2 bridgehead atoms. The Labute approximate surface area is 266 Å². The molecular weight excluding hydrogens is 580 g/mol. The van der Waals surface area contributed by atoms with Crippen molar-refractivity contribution in [3.8, 4) is 17.2 Å². The number of ether oxygens (including phenoxy) is 3. The Balaban J connectivity index is 1.09. The van der Waals surface area contributed by atoms with Crippen LogP contribution in [0.1, 0.15) is 73.7 Å². The number of nitrogens with zero attached hydrogens (tertiary/aromatic N) is 2. The van der Waals surface area contributed by atoms with Crippen LogP contribution in [0.15, 0.2) is 36.4 Å². The topological polar surface area (TPSA) is 85.4 Å². The minimum atomic E-state index is -0.352. The third-order valence-electron chi connectivity index (χ3n) is 10.0. The SMILES string of the molecule is COc1cc(OCC(=O)N(C)CCCCc2cccc(OC(=O)C3([C@@H]4CN5CCC4CC5)CCCCC3)c2)c(Cl)cc1C=O. The summed E-state index contributed by atoms with van der Waals surface area (Å²) in [7, 11) is 3.20. The average molecular weight is 625 g/mol. The van der Waals surface area contributed by atoms with Gasteiger partial charge in [-0.2, -0.15) is 0 Å². The Morgan fingerprint density at radius 1 is 1.07 bits per heavy atom. The molecule has 1 amide bonds. The highest BCUT2D eigenvalue weighted by molar-refractivity contribution is 6.32. The molecule has 9 heteroatoms. The van der Waals surface area contributed by atoms with E-state index in [2.05, 4.69) is 11.0 Å². The van der Waals surface area contributed by atoms with E-state index >= 15 is 0 Å². The Kier molecular flexibility index (Phi) is 10.9. The van der Waals surface area contributed by atoms with Gasteiger partial charge < -0.3 is 24.0 Å². The van der Waals surface area contributed by atoms with Crippen LogP contribution in [0.5, 0.6) is 17.2 Å². The number of aldehydes is 1. The van der Waals surface area contributed by atoms with Gasteiger partial charge in [-0.15, -0.1) is 0 Å². The molecule has 8 nitrogen and oxygen atoms in total. The second-order valence-electron chi connectivity index (χ2n) is 12.7. The van der Waals surface area contributed by atoms with Crippen LogP contribution in [0, 0.1) is 17.3 Å². The van der Waals surface area contributed by atoms with Gasteiger partial charge >= 0.3 is 5.97 Å². The summed E-state index contributed by atoms with van der Waals surface area (Å²) in [6.45, 7) is 3.80. The van der Waals surface area contributed by atoms with Crippen molar-refractivity contribution in [2.45, 2.75) is 64.2 Å². The van der Waals surface area contributed by atoms with Gasteiger partial charge in [0, 0.05) is 26.2 Å². The maximum atomic E-state index is 13.9. The van der Waals surface area contributed by atoms with E-state index in [9.17, 15) is 14.4 Å². The minimum absolute atomic E-state index is 0.0186. The number of aryl methyl sites for hydroxylation is 1. The van der Waals surface area contributed by atoms with E-state index in [0.717, 1.165) is 57.1 Å². The van der Waals surface area contributed by atoms with Gasteiger partial charge in [0.1, 0.15) is 17.2 Å². The number of unbranched alkanes of at least 4 members (excludes halogenated alkanes) is 1. The summed E-state index contributed by atoms with van der Waals surface area (Å²) in [5.41, 5.74) is 1.08. The van der Waals surface area contributed by atoms with Crippen molar-refractivity contribution in [3.63, 3.8) is 0 Å². The zero-order chi connectivity index (χ0) is 31.1. The first-order valence-electron chi connectivity index (χ1n) is 16.1. The Hall–Kier alpha value is -3.10. The Morgan fingerprint density at radius 2 is 1.84 bits per heavy atom. The molecule has 6 rings (SSSR count). The molecule has 238 valence electrons. The van der Waals surface area contributed by atoms with E-state index in [-0.39, 0.29) is 34.7 Å². The molecule has 3 heterocycles. The number of piperidine rings is 3. The normalized spacial score (nSPS) is 22.2. The molecule has 1 atom stereocenters. The average Bonchev–Trinajstić information content (AvgIpc) is 3.06. The van der Waals surface area contributed by atoms with E-state index < -0.39 is 0 Å². The van der Waals surface area contributed by atoms with Crippen molar-refractivity contribution in [2.24, 2.45) is 17.3 Å². The Bertz CT molecular complexity index is 1320. The predicted octanol–water partition coefficient (Wildman–Crippen LogP) is 6.22. The highest BCUT2D eigenvalue weighted by Crippen LogP contribution is 2.51. The molecule has 1 saturated carbocycles. The monoisotopic (exact) mass is 624 g/mol. The number of hydrogen-bond donors (Lipinski definition) is 0. The number of carbonyl (C=O) groups is 3.